The summed E-state index contributed by atoms with van der Waals surface area (Å²) >= 11 is 0. The van der Waals surface area contributed by atoms with Gasteiger partial charge in [-0.3, -0.25) is 0 Å². The van der Waals surface area contributed by atoms with Crippen LogP contribution in [0.1, 0.15) is 61.6 Å². The van der Waals surface area contributed by atoms with E-state index in [1.165, 1.54) is 36.5 Å². The Morgan fingerprint density at radius 1 is 0.897 bits per heavy atom. The van der Waals surface area contributed by atoms with Gasteiger partial charge >= 0.3 is 0 Å². The van der Waals surface area contributed by atoms with E-state index < -0.39 is 11.6 Å². The fraction of sp³-hybridized carbons (Fsp3) is 0.333. The van der Waals surface area contributed by atoms with Gasteiger partial charge in [0.15, 0.2) is 11.6 Å². The third-order valence-corrected chi connectivity index (χ3v) is 6.04. The summed E-state index contributed by atoms with van der Waals surface area (Å²) in [5, 5.41) is 0.993. The molecule has 0 heterocycles. The monoisotopic (exact) mass is 388 g/mol. The zero-order valence-corrected chi connectivity index (χ0v) is 16.8. The molecular formula is C27H26F2. The maximum Gasteiger partial charge on any atom is 0.166 e. The fourth-order valence-electron chi connectivity index (χ4n) is 4.34. The van der Waals surface area contributed by atoms with Crippen LogP contribution in [0.2, 0.25) is 0 Å². The summed E-state index contributed by atoms with van der Waals surface area (Å²) in [6.07, 6.45) is 6.91. The first-order valence-electron chi connectivity index (χ1n) is 10.6. The molecular weight excluding hydrogens is 362 g/mol. The van der Waals surface area contributed by atoms with Gasteiger partial charge in [-0.05, 0) is 72.7 Å². The van der Waals surface area contributed by atoms with E-state index in [0.29, 0.717) is 22.6 Å². The van der Waals surface area contributed by atoms with Crippen LogP contribution in [0.25, 0.3) is 10.8 Å². The van der Waals surface area contributed by atoms with Crippen LogP contribution in [0.5, 0.6) is 0 Å². The normalized spacial score (nSPS) is 19.0. The van der Waals surface area contributed by atoms with Gasteiger partial charge in [-0.25, -0.2) is 8.78 Å². The minimum absolute atomic E-state index is 0.306. The molecule has 0 amide bonds. The lowest BCUT2D eigenvalue weighted by Crippen LogP contribution is -2.12. The third-order valence-electron chi connectivity index (χ3n) is 6.04. The quantitative estimate of drug-likeness (QED) is 0.410. The topological polar surface area (TPSA) is 0 Å². The van der Waals surface area contributed by atoms with E-state index in [2.05, 4.69) is 43.0 Å². The Balaban J connectivity index is 1.39. The number of fused-ring (bicyclic) bond motifs is 1. The van der Waals surface area contributed by atoms with Crippen molar-refractivity contribution in [2.45, 2.75) is 51.4 Å². The van der Waals surface area contributed by atoms with Crippen LogP contribution >= 0.6 is 0 Å². The number of hydrogen-bond acceptors (Lipinski definition) is 0. The minimum Gasteiger partial charge on any atom is -0.204 e. The first-order valence-corrected chi connectivity index (χ1v) is 10.6. The van der Waals surface area contributed by atoms with Gasteiger partial charge in [0.1, 0.15) is 0 Å². The van der Waals surface area contributed by atoms with E-state index in [4.69, 9.17) is 0 Å². The van der Waals surface area contributed by atoms with Gasteiger partial charge in [-0.1, -0.05) is 61.6 Å². The molecule has 29 heavy (non-hydrogen) atoms. The molecule has 3 aromatic rings. The molecule has 1 fully saturated rings. The highest BCUT2D eigenvalue weighted by Gasteiger charge is 2.21. The van der Waals surface area contributed by atoms with Crippen molar-refractivity contribution < 1.29 is 8.78 Å². The largest absolute Gasteiger partial charge is 0.204 e. The Bertz CT molecular complexity index is 1050. The first kappa shape index (κ1) is 19.6. The molecule has 148 valence electrons. The number of aryl methyl sites for hydroxylation is 1. The molecule has 0 aliphatic heterocycles. The summed E-state index contributed by atoms with van der Waals surface area (Å²) < 4.78 is 27.2. The molecule has 0 radical (unpaired) electrons. The van der Waals surface area contributed by atoms with Crippen molar-refractivity contribution in [2.24, 2.45) is 5.92 Å². The molecule has 0 N–H and O–H groups in total. The van der Waals surface area contributed by atoms with Crippen molar-refractivity contribution >= 4 is 10.8 Å². The number of rotatable bonds is 3. The van der Waals surface area contributed by atoms with Crippen molar-refractivity contribution in [1.29, 1.82) is 0 Å². The van der Waals surface area contributed by atoms with E-state index >= 15 is 0 Å². The molecule has 0 atom stereocenters. The summed E-state index contributed by atoms with van der Waals surface area (Å²) in [7, 11) is 0. The predicted molar refractivity (Wildman–Crippen MR) is 116 cm³/mol. The van der Waals surface area contributed by atoms with Gasteiger partial charge < -0.3 is 0 Å². The first-order chi connectivity index (χ1) is 14.1. The van der Waals surface area contributed by atoms with Crippen LogP contribution in [0, 0.1) is 29.4 Å². The zero-order chi connectivity index (χ0) is 20.2. The van der Waals surface area contributed by atoms with Gasteiger partial charge in [0.25, 0.3) is 0 Å². The van der Waals surface area contributed by atoms with Gasteiger partial charge in [-0.15, -0.1) is 0 Å². The molecule has 4 rings (SSSR count). The van der Waals surface area contributed by atoms with Gasteiger partial charge in [0, 0.05) is 16.9 Å². The van der Waals surface area contributed by atoms with Crippen LogP contribution in [-0.4, -0.2) is 0 Å². The second kappa shape index (κ2) is 8.78. The second-order valence-corrected chi connectivity index (χ2v) is 8.11. The lowest BCUT2D eigenvalue weighted by atomic mass is 9.78. The highest BCUT2D eigenvalue weighted by molar-refractivity contribution is 5.84. The number of hydrogen-bond donors (Lipinski definition) is 0. The average Bonchev–Trinajstić information content (AvgIpc) is 2.76. The predicted octanol–water partition coefficient (Wildman–Crippen LogP) is 7.40. The average molecular weight is 389 g/mol. The standard InChI is InChI=1S/C27H26F2/c1-2-3-19-6-11-22(12-7-19)23-13-8-20(9-14-23)4-5-21-10-16-25-24(18-21)15-17-26(28)27(25)29/h6-7,10-12,15-18,20,23H,2-3,8-9,13-14H2,1H3. The van der Waals surface area contributed by atoms with Crippen molar-refractivity contribution in [3.05, 3.63) is 82.9 Å². The molecule has 0 saturated heterocycles. The summed E-state index contributed by atoms with van der Waals surface area (Å²) in [6, 6.07) is 17.2. The molecule has 0 unspecified atom stereocenters. The van der Waals surface area contributed by atoms with Crippen molar-refractivity contribution in [3.63, 3.8) is 0 Å². The minimum atomic E-state index is -0.812. The highest BCUT2D eigenvalue weighted by atomic mass is 19.2. The zero-order valence-electron chi connectivity index (χ0n) is 16.8. The summed E-state index contributed by atoms with van der Waals surface area (Å²) in [6.45, 7) is 2.21. The Kier molecular flexibility index (Phi) is 5.95. The SMILES string of the molecule is CCCc1ccc(C2CCC(C#Cc3ccc4c(F)c(F)ccc4c3)CC2)cc1. The summed E-state index contributed by atoms with van der Waals surface area (Å²) in [4.78, 5) is 0. The molecule has 3 aromatic carbocycles. The van der Waals surface area contributed by atoms with Crippen molar-refractivity contribution in [2.75, 3.05) is 0 Å². The van der Waals surface area contributed by atoms with Gasteiger partial charge in [-0.2, -0.15) is 0 Å². The summed E-state index contributed by atoms with van der Waals surface area (Å²) in [5.74, 6) is 6.11. The van der Waals surface area contributed by atoms with Gasteiger partial charge in [0.2, 0.25) is 0 Å². The Labute approximate surface area is 172 Å². The Hall–Kier alpha value is -2.66. The summed E-state index contributed by atoms with van der Waals surface area (Å²) in [5.41, 5.74) is 3.74. The van der Waals surface area contributed by atoms with E-state index in [-0.39, 0.29) is 0 Å². The maximum absolute atomic E-state index is 13.8. The fourth-order valence-corrected chi connectivity index (χ4v) is 4.34. The molecule has 1 aliphatic carbocycles. The number of halogens is 2. The Morgan fingerprint density at radius 2 is 1.66 bits per heavy atom. The van der Waals surface area contributed by atoms with Crippen LogP contribution in [0.3, 0.4) is 0 Å². The third kappa shape index (κ3) is 4.51. The molecule has 1 saturated carbocycles. The maximum atomic E-state index is 13.8. The van der Waals surface area contributed by atoms with Crippen LogP contribution in [0.15, 0.2) is 54.6 Å². The van der Waals surface area contributed by atoms with E-state index in [0.717, 1.165) is 24.8 Å². The Morgan fingerprint density at radius 3 is 2.38 bits per heavy atom. The molecule has 2 heteroatoms. The van der Waals surface area contributed by atoms with Crippen molar-refractivity contribution in [1.82, 2.24) is 0 Å². The molecule has 0 nitrogen and oxygen atoms in total. The van der Waals surface area contributed by atoms with Crippen LogP contribution < -0.4 is 0 Å². The second-order valence-electron chi connectivity index (χ2n) is 8.11. The molecule has 0 aromatic heterocycles. The van der Waals surface area contributed by atoms with Crippen molar-refractivity contribution in [3.8, 4) is 11.8 Å². The number of benzene rings is 3. The van der Waals surface area contributed by atoms with Crippen LogP contribution in [0.4, 0.5) is 8.78 Å². The molecule has 0 spiro atoms. The lowest BCUT2D eigenvalue weighted by Gasteiger charge is -2.26. The van der Waals surface area contributed by atoms with Crippen LogP contribution in [-0.2, 0) is 6.42 Å². The van der Waals surface area contributed by atoms with E-state index in [9.17, 15) is 8.78 Å². The smallest absolute Gasteiger partial charge is 0.166 e. The van der Waals surface area contributed by atoms with E-state index in [1.54, 1.807) is 18.2 Å². The molecule has 1 aliphatic rings. The highest BCUT2D eigenvalue weighted by Crippen LogP contribution is 2.35. The molecule has 0 bridgehead atoms. The lowest BCUT2D eigenvalue weighted by molar-refractivity contribution is 0.384. The van der Waals surface area contributed by atoms with Gasteiger partial charge in [0.05, 0.1) is 0 Å². The van der Waals surface area contributed by atoms with E-state index in [1.807, 2.05) is 6.07 Å².